The van der Waals surface area contributed by atoms with Crippen LogP contribution in [0.25, 0.3) is 44.5 Å². The highest BCUT2D eigenvalue weighted by molar-refractivity contribution is 5.88. The molecule has 2 unspecified atom stereocenters. The molecular weight excluding hydrogens is 677 g/mol. The summed E-state index contributed by atoms with van der Waals surface area (Å²) in [5.41, 5.74) is 16.9. The van der Waals surface area contributed by atoms with Gasteiger partial charge in [0, 0.05) is 34.4 Å². The number of hydrogen-bond acceptors (Lipinski definition) is 2. The minimum Gasteiger partial charge on any atom is -0.333 e. The van der Waals surface area contributed by atoms with Crippen LogP contribution < -0.4 is 9.80 Å². The monoisotopic (exact) mass is 716 g/mol. The third kappa shape index (κ3) is 6.22. The van der Waals surface area contributed by atoms with Crippen molar-refractivity contribution in [2.24, 2.45) is 0 Å². The van der Waals surface area contributed by atoms with Gasteiger partial charge in [-0.2, -0.15) is 0 Å². The number of hydrogen-bond donors (Lipinski definition) is 0. The van der Waals surface area contributed by atoms with E-state index in [0.29, 0.717) is 12.0 Å². The Labute approximate surface area is 329 Å². The van der Waals surface area contributed by atoms with Crippen molar-refractivity contribution < 1.29 is 0 Å². The molecule has 0 N–H and O–H groups in total. The Bertz CT molecular complexity index is 2660. The van der Waals surface area contributed by atoms with Crippen LogP contribution in [0, 0.1) is 0 Å². The zero-order valence-corrected chi connectivity index (χ0v) is 31.0. The van der Waals surface area contributed by atoms with Crippen LogP contribution in [-0.4, -0.2) is 6.04 Å². The van der Waals surface area contributed by atoms with Gasteiger partial charge in [-0.15, -0.1) is 0 Å². The van der Waals surface area contributed by atoms with Gasteiger partial charge in [-0.25, -0.2) is 0 Å². The summed E-state index contributed by atoms with van der Waals surface area (Å²) in [5.74, 6) is 0.381. The molecule has 0 radical (unpaired) electrons. The average molecular weight is 717 g/mol. The summed E-state index contributed by atoms with van der Waals surface area (Å²) in [4.78, 5) is 4.82. The van der Waals surface area contributed by atoms with Crippen molar-refractivity contribution in [3.8, 4) is 44.5 Å². The van der Waals surface area contributed by atoms with Gasteiger partial charge in [0.15, 0.2) is 0 Å². The molecule has 0 spiro atoms. The predicted octanol–water partition coefficient (Wildman–Crippen LogP) is 14.6. The Morgan fingerprint density at radius 1 is 0.357 bits per heavy atom. The molecule has 0 amide bonds. The smallest absolute Gasteiger partial charge is 0.0629 e. The van der Waals surface area contributed by atoms with E-state index < -0.39 is 0 Å². The molecule has 8 aromatic carbocycles. The van der Waals surface area contributed by atoms with Gasteiger partial charge in [0.1, 0.15) is 0 Å². The van der Waals surface area contributed by atoms with Crippen LogP contribution in [0.5, 0.6) is 0 Å². The van der Waals surface area contributed by atoms with Crippen LogP contribution in [0.3, 0.4) is 0 Å². The molecule has 0 aromatic heterocycles. The maximum absolute atomic E-state index is 2.48. The van der Waals surface area contributed by atoms with Crippen molar-refractivity contribution in [2.45, 2.75) is 12.0 Å². The number of benzene rings is 8. The quantitative estimate of drug-likeness (QED) is 0.154. The molecule has 2 heteroatoms. The first-order chi connectivity index (χ1) is 27.8. The fraction of sp³-hybridized carbons (Fsp3) is 0.0370. The molecule has 266 valence electrons. The highest BCUT2D eigenvalue weighted by Gasteiger charge is 2.36. The van der Waals surface area contributed by atoms with Crippen molar-refractivity contribution in [1.82, 2.24) is 0 Å². The lowest BCUT2D eigenvalue weighted by Crippen LogP contribution is -2.28. The molecule has 1 heterocycles. The maximum Gasteiger partial charge on any atom is 0.0629 e. The van der Waals surface area contributed by atoms with Gasteiger partial charge in [0.25, 0.3) is 0 Å². The second kappa shape index (κ2) is 14.6. The number of rotatable bonds is 8. The zero-order chi connectivity index (χ0) is 37.3. The first-order valence-corrected chi connectivity index (χ1v) is 19.4. The summed E-state index contributed by atoms with van der Waals surface area (Å²) < 4.78 is 0. The fourth-order valence-electron chi connectivity index (χ4n) is 8.48. The molecule has 8 aromatic rings. The summed E-state index contributed by atoms with van der Waals surface area (Å²) in [6, 6.07) is 74.9. The zero-order valence-electron chi connectivity index (χ0n) is 31.0. The Morgan fingerprint density at radius 3 is 1.48 bits per heavy atom. The minimum absolute atomic E-state index is 0.299. The summed E-state index contributed by atoms with van der Waals surface area (Å²) >= 11 is 0. The molecule has 0 fully saturated rings. The van der Waals surface area contributed by atoms with Gasteiger partial charge in [-0.1, -0.05) is 170 Å². The van der Waals surface area contributed by atoms with E-state index in [-0.39, 0.29) is 0 Å². The van der Waals surface area contributed by atoms with Crippen molar-refractivity contribution in [1.29, 1.82) is 0 Å². The summed E-state index contributed by atoms with van der Waals surface area (Å²) in [6.45, 7) is 0. The maximum atomic E-state index is 2.48. The second-order valence-corrected chi connectivity index (χ2v) is 14.5. The van der Waals surface area contributed by atoms with Crippen molar-refractivity contribution in [3.05, 3.63) is 236 Å². The predicted molar refractivity (Wildman–Crippen MR) is 236 cm³/mol. The third-order valence-electron chi connectivity index (χ3n) is 11.2. The molecule has 1 aliphatic heterocycles. The SMILES string of the molecule is C1=CC2c3ccccc3N(c3ccc(-c4ccc(N(c5ccccc5)c5ccc(-c6ccc(-c7ccccc7)c(-c7ccccc7)c6)cc5)cc4)cc3)C2C=C1. The number of nitrogens with zero attached hydrogens (tertiary/aromatic N) is 2. The van der Waals surface area contributed by atoms with E-state index in [1.54, 1.807) is 0 Å². The van der Waals surface area contributed by atoms with Crippen LogP contribution in [0.1, 0.15) is 11.5 Å². The van der Waals surface area contributed by atoms with E-state index >= 15 is 0 Å². The van der Waals surface area contributed by atoms with Crippen molar-refractivity contribution in [3.63, 3.8) is 0 Å². The van der Waals surface area contributed by atoms with E-state index in [9.17, 15) is 0 Å². The molecule has 0 saturated carbocycles. The summed E-state index contributed by atoms with van der Waals surface area (Å²) in [5, 5.41) is 0. The van der Waals surface area contributed by atoms with Crippen LogP contribution in [0.4, 0.5) is 28.4 Å². The Morgan fingerprint density at radius 2 is 0.839 bits per heavy atom. The normalized spacial score (nSPS) is 15.3. The van der Waals surface area contributed by atoms with Gasteiger partial charge >= 0.3 is 0 Å². The van der Waals surface area contributed by atoms with Gasteiger partial charge in [-0.3, -0.25) is 0 Å². The minimum atomic E-state index is 0.299. The molecule has 0 bridgehead atoms. The second-order valence-electron chi connectivity index (χ2n) is 14.5. The largest absolute Gasteiger partial charge is 0.333 e. The van der Waals surface area contributed by atoms with Gasteiger partial charge < -0.3 is 9.80 Å². The lowest BCUT2D eigenvalue weighted by molar-refractivity contribution is 0.745. The molecule has 2 atom stereocenters. The number of allylic oxidation sites excluding steroid dienone is 2. The number of anilines is 5. The number of para-hydroxylation sites is 2. The Hall–Kier alpha value is -7.16. The van der Waals surface area contributed by atoms with E-state index in [0.717, 1.165) is 17.1 Å². The van der Waals surface area contributed by atoms with Gasteiger partial charge in [0.05, 0.1) is 6.04 Å². The van der Waals surface area contributed by atoms with E-state index in [4.69, 9.17) is 0 Å². The number of fused-ring (bicyclic) bond motifs is 3. The topological polar surface area (TPSA) is 6.48 Å². The molecule has 1 aliphatic carbocycles. The fourth-order valence-corrected chi connectivity index (χ4v) is 8.48. The average Bonchev–Trinajstić information content (AvgIpc) is 3.62. The van der Waals surface area contributed by atoms with Crippen LogP contribution in [-0.2, 0) is 0 Å². The van der Waals surface area contributed by atoms with Crippen LogP contribution >= 0.6 is 0 Å². The standard InChI is InChI=1S/C54H40N2/c1-4-14-42(15-5-1)49-37-30-44(38-52(49)43-16-6-2-7-17-43)41-28-33-47(34-29-41)55(45-18-8-3-9-19-45)46-31-24-39(25-32-46)40-26-35-48(36-27-40)56-53-22-12-10-20-50(53)51-21-11-13-23-54(51)56/h1-38,50,53H. The molecular formula is C54H40N2. The first-order valence-electron chi connectivity index (χ1n) is 19.4. The lowest BCUT2D eigenvalue weighted by atomic mass is 9.91. The van der Waals surface area contributed by atoms with E-state index in [1.807, 2.05) is 0 Å². The van der Waals surface area contributed by atoms with Crippen LogP contribution in [0.15, 0.2) is 231 Å². The third-order valence-corrected chi connectivity index (χ3v) is 11.2. The molecule has 10 rings (SSSR count). The highest BCUT2D eigenvalue weighted by atomic mass is 15.2. The molecule has 2 aliphatic rings. The van der Waals surface area contributed by atoms with E-state index in [1.165, 1.54) is 61.4 Å². The van der Waals surface area contributed by atoms with Gasteiger partial charge in [-0.05, 0) is 111 Å². The molecule has 0 saturated heterocycles. The molecule has 2 nitrogen and oxygen atoms in total. The highest BCUT2D eigenvalue weighted by Crippen LogP contribution is 2.48. The van der Waals surface area contributed by atoms with Crippen molar-refractivity contribution >= 4 is 28.4 Å². The van der Waals surface area contributed by atoms with Gasteiger partial charge in [0.2, 0.25) is 0 Å². The van der Waals surface area contributed by atoms with Crippen molar-refractivity contribution in [2.75, 3.05) is 9.80 Å². The lowest BCUT2D eigenvalue weighted by Gasteiger charge is -2.29. The van der Waals surface area contributed by atoms with E-state index in [2.05, 4.69) is 240 Å². The summed E-state index contributed by atoms with van der Waals surface area (Å²) in [7, 11) is 0. The van der Waals surface area contributed by atoms with Crippen LogP contribution in [0.2, 0.25) is 0 Å². The molecule has 56 heavy (non-hydrogen) atoms. The first kappa shape index (κ1) is 33.4. The Kier molecular flexibility index (Phi) is 8.70. The summed E-state index contributed by atoms with van der Waals surface area (Å²) in [6.07, 6.45) is 9.01. The Balaban J connectivity index is 0.940.